The number of carbonyl (C=O) groups excluding carboxylic acids is 2. The Morgan fingerprint density at radius 1 is 1.40 bits per heavy atom. The largest absolute Gasteiger partial charge is 0.490 e. The fraction of sp³-hybridized carbons (Fsp3) is 0.714. The average Bonchev–Trinajstić information content (AvgIpc) is 2.00. The van der Waals surface area contributed by atoms with Gasteiger partial charge in [0.15, 0.2) is 0 Å². The Hall–Kier alpha value is -1.31. The molecule has 0 fully saturated rings. The third-order valence-electron chi connectivity index (χ3n) is 1.56. The molecule has 0 aromatic heterocycles. The average molecular weight is 228 g/mol. The number of esters is 1. The van der Waals surface area contributed by atoms with Crippen molar-refractivity contribution in [3.63, 3.8) is 0 Å². The quantitative estimate of drug-likeness (QED) is 0.659. The van der Waals surface area contributed by atoms with E-state index in [9.17, 15) is 22.8 Å². The first-order valence-corrected chi connectivity index (χ1v) is 3.86. The molecule has 15 heavy (non-hydrogen) atoms. The number of rotatable bonds is 4. The zero-order valence-corrected chi connectivity index (χ0v) is 8.17. The molecule has 1 amide bonds. The first-order valence-electron chi connectivity index (χ1n) is 3.86. The van der Waals surface area contributed by atoms with Crippen LogP contribution in [-0.2, 0) is 14.3 Å². The van der Waals surface area contributed by atoms with Crippen molar-refractivity contribution in [3.05, 3.63) is 0 Å². The second kappa shape index (κ2) is 4.96. The SMILES string of the molecule is CN(C)[C@H](COC(=O)C(F)(F)F)C(N)=O. The van der Waals surface area contributed by atoms with Gasteiger partial charge in [0.1, 0.15) is 12.6 Å². The van der Waals surface area contributed by atoms with Crippen molar-refractivity contribution in [2.24, 2.45) is 5.73 Å². The van der Waals surface area contributed by atoms with Gasteiger partial charge in [-0.2, -0.15) is 13.2 Å². The van der Waals surface area contributed by atoms with E-state index in [1.807, 2.05) is 0 Å². The maximum absolute atomic E-state index is 11.7. The molecular weight excluding hydrogens is 217 g/mol. The lowest BCUT2D eigenvalue weighted by Gasteiger charge is -2.20. The van der Waals surface area contributed by atoms with Crippen molar-refractivity contribution in [2.45, 2.75) is 12.2 Å². The number of ether oxygens (including phenoxy) is 1. The smallest absolute Gasteiger partial charge is 0.457 e. The second-order valence-corrected chi connectivity index (χ2v) is 2.98. The molecule has 0 radical (unpaired) electrons. The summed E-state index contributed by atoms with van der Waals surface area (Å²) in [5.41, 5.74) is 4.88. The number of amides is 1. The van der Waals surface area contributed by atoms with Gasteiger partial charge in [-0.1, -0.05) is 0 Å². The number of carbonyl (C=O) groups is 2. The van der Waals surface area contributed by atoms with Gasteiger partial charge in [-0.3, -0.25) is 9.69 Å². The van der Waals surface area contributed by atoms with Crippen LogP contribution < -0.4 is 5.73 Å². The minimum atomic E-state index is -5.06. The molecule has 0 aromatic rings. The molecule has 0 unspecified atom stereocenters. The maximum Gasteiger partial charge on any atom is 0.490 e. The number of primary amides is 1. The molecular formula is C7H11F3N2O3. The Kier molecular flexibility index (Phi) is 4.53. The van der Waals surface area contributed by atoms with Crippen LogP contribution in [0.3, 0.4) is 0 Å². The number of hydrogen-bond acceptors (Lipinski definition) is 4. The normalized spacial score (nSPS) is 13.7. The number of likely N-dealkylation sites (N-methyl/N-ethyl adjacent to an activating group) is 1. The Morgan fingerprint density at radius 2 is 1.87 bits per heavy atom. The lowest BCUT2D eigenvalue weighted by Crippen LogP contribution is -2.45. The molecule has 5 nitrogen and oxygen atoms in total. The number of alkyl halides is 3. The first kappa shape index (κ1) is 13.7. The summed E-state index contributed by atoms with van der Waals surface area (Å²) in [5, 5.41) is 0. The van der Waals surface area contributed by atoms with Crippen LogP contribution in [0.25, 0.3) is 0 Å². The van der Waals surface area contributed by atoms with E-state index < -0.39 is 30.7 Å². The molecule has 88 valence electrons. The highest BCUT2D eigenvalue weighted by molar-refractivity contribution is 5.81. The van der Waals surface area contributed by atoms with Crippen molar-refractivity contribution in [2.75, 3.05) is 20.7 Å². The molecule has 1 atom stereocenters. The van der Waals surface area contributed by atoms with Gasteiger partial charge in [-0.05, 0) is 14.1 Å². The lowest BCUT2D eigenvalue weighted by molar-refractivity contribution is -0.200. The third kappa shape index (κ3) is 4.63. The Morgan fingerprint density at radius 3 is 2.13 bits per heavy atom. The van der Waals surface area contributed by atoms with Crippen LogP contribution in [0.2, 0.25) is 0 Å². The minimum absolute atomic E-state index is 0.722. The van der Waals surface area contributed by atoms with E-state index >= 15 is 0 Å². The Bertz CT molecular complexity index is 252. The van der Waals surface area contributed by atoms with Gasteiger partial charge in [0, 0.05) is 0 Å². The predicted octanol–water partition coefficient (Wildman–Crippen LogP) is -0.493. The zero-order valence-electron chi connectivity index (χ0n) is 8.17. The molecule has 0 saturated heterocycles. The highest BCUT2D eigenvalue weighted by atomic mass is 19.4. The summed E-state index contributed by atoms with van der Waals surface area (Å²) in [6, 6.07) is -1.07. The van der Waals surface area contributed by atoms with Gasteiger partial charge in [0.05, 0.1) is 0 Å². The first-order chi connectivity index (χ1) is 6.66. The van der Waals surface area contributed by atoms with Gasteiger partial charge in [0.2, 0.25) is 5.91 Å². The minimum Gasteiger partial charge on any atom is -0.457 e. The molecule has 0 rings (SSSR count). The van der Waals surface area contributed by atoms with Crippen molar-refractivity contribution < 1.29 is 27.5 Å². The molecule has 0 aromatic carbocycles. The Balaban J connectivity index is 4.24. The van der Waals surface area contributed by atoms with Crippen LogP contribution in [0.4, 0.5) is 13.2 Å². The van der Waals surface area contributed by atoms with E-state index in [0.717, 1.165) is 0 Å². The summed E-state index contributed by atoms with van der Waals surface area (Å²) in [6.07, 6.45) is -5.06. The van der Waals surface area contributed by atoms with Crippen LogP contribution in [0, 0.1) is 0 Å². The van der Waals surface area contributed by atoms with Crippen molar-refractivity contribution >= 4 is 11.9 Å². The molecule has 0 aliphatic carbocycles. The highest BCUT2D eigenvalue weighted by Gasteiger charge is 2.41. The third-order valence-corrected chi connectivity index (χ3v) is 1.56. The topological polar surface area (TPSA) is 72.6 Å². The number of halogens is 3. The van der Waals surface area contributed by atoms with Crippen molar-refractivity contribution in [1.29, 1.82) is 0 Å². The van der Waals surface area contributed by atoms with Gasteiger partial charge < -0.3 is 10.5 Å². The molecule has 0 aliphatic heterocycles. The van der Waals surface area contributed by atoms with Crippen LogP contribution in [0.1, 0.15) is 0 Å². The Labute approximate surface area is 84.0 Å². The van der Waals surface area contributed by atoms with Gasteiger partial charge in [0.25, 0.3) is 0 Å². The fourth-order valence-electron chi connectivity index (χ4n) is 0.722. The van der Waals surface area contributed by atoms with Gasteiger partial charge in [-0.15, -0.1) is 0 Å². The molecule has 0 aliphatic rings. The summed E-state index contributed by atoms with van der Waals surface area (Å²) in [7, 11) is 2.85. The van der Waals surface area contributed by atoms with Gasteiger partial charge in [-0.25, -0.2) is 4.79 Å². The van der Waals surface area contributed by atoms with Gasteiger partial charge >= 0.3 is 12.1 Å². The number of nitrogens with zero attached hydrogens (tertiary/aromatic N) is 1. The van der Waals surface area contributed by atoms with E-state index in [2.05, 4.69) is 4.74 Å². The molecule has 0 heterocycles. The highest BCUT2D eigenvalue weighted by Crippen LogP contribution is 2.16. The van der Waals surface area contributed by atoms with Crippen LogP contribution in [-0.4, -0.2) is 49.7 Å². The van der Waals surface area contributed by atoms with E-state index in [4.69, 9.17) is 5.73 Å². The summed E-state index contributed by atoms with van der Waals surface area (Å²) in [5.74, 6) is -3.20. The fourth-order valence-corrected chi connectivity index (χ4v) is 0.722. The van der Waals surface area contributed by atoms with Crippen LogP contribution in [0.5, 0.6) is 0 Å². The van der Waals surface area contributed by atoms with E-state index in [-0.39, 0.29) is 0 Å². The standard InChI is InChI=1S/C7H11F3N2O3/c1-12(2)4(5(11)13)3-15-6(14)7(8,9)10/h4H,3H2,1-2H3,(H2,11,13)/t4-/m1/s1. The lowest BCUT2D eigenvalue weighted by atomic mass is 10.3. The number of hydrogen-bond donors (Lipinski definition) is 1. The van der Waals surface area contributed by atoms with E-state index in [1.54, 1.807) is 0 Å². The van der Waals surface area contributed by atoms with Crippen LogP contribution in [0.15, 0.2) is 0 Å². The van der Waals surface area contributed by atoms with E-state index in [1.165, 1.54) is 19.0 Å². The van der Waals surface area contributed by atoms with Crippen molar-refractivity contribution in [1.82, 2.24) is 4.90 Å². The molecule has 0 bridgehead atoms. The number of nitrogens with two attached hydrogens (primary N) is 1. The molecule has 8 heteroatoms. The molecule has 2 N–H and O–H groups in total. The summed E-state index contributed by atoms with van der Waals surface area (Å²) >= 11 is 0. The molecule has 0 spiro atoms. The maximum atomic E-state index is 11.7. The summed E-state index contributed by atoms with van der Waals surface area (Å²) in [6.45, 7) is -0.722. The predicted molar refractivity (Wildman–Crippen MR) is 43.7 cm³/mol. The molecule has 0 saturated carbocycles. The summed E-state index contributed by atoms with van der Waals surface area (Å²) in [4.78, 5) is 22.3. The van der Waals surface area contributed by atoms with Crippen molar-refractivity contribution in [3.8, 4) is 0 Å². The zero-order chi connectivity index (χ0) is 12.2. The second-order valence-electron chi connectivity index (χ2n) is 2.98. The van der Waals surface area contributed by atoms with E-state index in [0.29, 0.717) is 0 Å². The van der Waals surface area contributed by atoms with Crippen LogP contribution >= 0.6 is 0 Å². The monoisotopic (exact) mass is 228 g/mol. The summed E-state index contributed by atoms with van der Waals surface area (Å²) < 4.78 is 39.0.